The highest BCUT2D eigenvalue weighted by Crippen LogP contribution is 2.31. The number of aromatic amines is 2. The van der Waals surface area contributed by atoms with E-state index in [9.17, 15) is 0 Å². The standard InChI is InChI=1S/C14H12N6O/c15-7-1-3-9-11(5-7)17-19-13(9)21-14-10-4-2-8(16)6-12(10)18-20-14/h1-6H,15-16H2,(H,17,19)(H,18,20). The van der Waals surface area contributed by atoms with Crippen molar-refractivity contribution in [2.24, 2.45) is 0 Å². The average molecular weight is 280 g/mol. The Morgan fingerprint density at radius 3 is 1.71 bits per heavy atom. The molecule has 0 spiro atoms. The van der Waals surface area contributed by atoms with Crippen molar-refractivity contribution in [2.75, 3.05) is 11.5 Å². The highest BCUT2D eigenvalue weighted by molar-refractivity contribution is 5.89. The summed E-state index contributed by atoms with van der Waals surface area (Å²) in [5.41, 5.74) is 14.4. The minimum atomic E-state index is 0.454. The molecule has 0 aliphatic rings. The van der Waals surface area contributed by atoms with Crippen LogP contribution in [0.3, 0.4) is 0 Å². The second-order valence-electron chi connectivity index (χ2n) is 4.77. The van der Waals surface area contributed by atoms with E-state index in [0.717, 1.165) is 21.8 Å². The number of nitrogens with zero attached hydrogens (tertiary/aromatic N) is 2. The van der Waals surface area contributed by atoms with Crippen LogP contribution >= 0.6 is 0 Å². The largest absolute Gasteiger partial charge is 0.416 e. The Morgan fingerprint density at radius 1 is 0.762 bits per heavy atom. The summed E-state index contributed by atoms with van der Waals surface area (Å²) in [6, 6.07) is 10.9. The summed E-state index contributed by atoms with van der Waals surface area (Å²) in [6.07, 6.45) is 0. The van der Waals surface area contributed by atoms with Gasteiger partial charge in [-0.2, -0.15) is 0 Å². The fraction of sp³-hybridized carbons (Fsp3) is 0. The molecule has 0 saturated heterocycles. The number of nitrogens with one attached hydrogen (secondary N) is 2. The van der Waals surface area contributed by atoms with Crippen molar-refractivity contribution in [3.8, 4) is 11.8 Å². The van der Waals surface area contributed by atoms with Crippen molar-refractivity contribution in [1.29, 1.82) is 0 Å². The summed E-state index contributed by atoms with van der Waals surface area (Å²) in [4.78, 5) is 0. The van der Waals surface area contributed by atoms with Gasteiger partial charge in [0.15, 0.2) is 0 Å². The van der Waals surface area contributed by atoms with E-state index in [4.69, 9.17) is 16.2 Å². The third-order valence-corrected chi connectivity index (χ3v) is 3.30. The Morgan fingerprint density at radius 2 is 1.24 bits per heavy atom. The molecule has 0 atom stereocenters. The lowest BCUT2D eigenvalue weighted by Crippen LogP contribution is -1.87. The number of H-pyrrole nitrogens is 2. The van der Waals surface area contributed by atoms with Crippen molar-refractivity contribution in [3.63, 3.8) is 0 Å². The zero-order valence-corrected chi connectivity index (χ0v) is 10.9. The van der Waals surface area contributed by atoms with Gasteiger partial charge in [0, 0.05) is 11.4 Å². The number of hydrogen-bond donors (Lipinski definition) is 4. The average Bonchev–Trinajstić information content (AvgIpc) is 3.03. The molecular weight excluding hydrogens is 268 g/mol. The highest BCUT2D eigenvalue weighted by atomic mass is 16.5. The molecule has 104 valence electrons. The number of benzene rings is 2. The van der Waals surface area contributed by atoms with Crippen LogP contribution in [-0.2, 0) is 0 Å². The number of rotatable bonds is 2. The molecule has 7 nitrogen and oxygen atoms in total. The Kier molecular flexibility index (Phi) is 2.28. The summed E-state index contributed by atoms with van der Waals surface area (Å²) < 4.78 is 5.80. The number of nitrogen functional groups attached to an aromatic ring is 2. The van der Waals surface area contributed by atoms with Crippen LogP contribution in [-0.4, -0.2) is 20.4 Å². The van der Waals surface area contributed by atoms with Crippen molar-refractivity contribution in [2.45, 2.75) is 0 Å². The maximum Gasteiger partial charge on any atom is 0.247 e. The van der Waals surface area contributed by atoms with Gasteiger partial charge in [-0.3, -0.25) is 10.2 Å². The van der Waals surface area contributed by atoms with E-state index >= 15 is 0 Å². The van der Waals surface area contributed by atoms with E-state index in [1.807, 2.05) is 12.1 Å². The summed E-state index contributed by atoms with van der Waals surface area (Å²) in [5.74, 6) is 0.908. The van der Waals surface area contributed by atoms with Gasteiger partial charge in [0.05, 0.1) is 21.8 Å². The maximum atomic E-state index is 5.80. The Labute approximate surface area is 118 Å². The molecule has 4 aromatic rings. The van der Waals surface area contributed by atoms with Gasteiger partial charge in [-0.15, -0.1) is 10.2 Å². The first-order valence-electron chi connectivity index (χ1n) is 6.36. The highest BCUT2D eigenvalue weighted by Gasteiger charge is 2.12. The third-order valence-electron chi connectivity index (χ3n) is 3.30. The SMILES string of the molecule is Nc1ccc2c(Oc3n[nH]c4cc(N)ccc34)n[nH]c2c1. The van der Waals surface area contributed by atoms with Crippen LogP contribution in [0.25, 0.3) is 21.8 Å². The molecule has 0 radical (unpaired) electrons. The molecule has 2 aromatic heterocycles. The summed E-state index contributed by atoms with van der Waals surface area (Å²) in [5, 5.41) is 15.8. The molecule has 0 aliphatic heterocycles. The monoisotopic (exact) mass is 280 g/mol. The number of hydrogen-bond acceptors (Lipinski definition) is 5. The minimum absolute atomic E-state index is 0.454. The van der Waals surface area contributed by atoms with Gasteiger partial charge in [-0.1, -0.05) is 0 Å². The lowest BCUT2D eigenvalue weighted by Gasteiger charge is -2.00. The molecule has 0 amide bonds. The first-order chi connectivity index (χ1) is 10.2. The Hall–Kier alpha value is -3.22. The van der Waals surface area contributed by atoms with Crippen LogP contribution in [0.2, 0.25) is 0 Å². The lowest BCUT2D eigenvalue weighted by molar-refractivity contribution is 0.451. The van der Waals surface area contributed by atoms with Crippen LogP contribution in [0.15, 0.2) is 36.4 Å². The fourth-order valence-corrected chi connectivity index (χ4v) is 2.27. The normalized spacial score (nSPS) is 11.2. The topological polar surface area (TPSA) is 119 Å². The quantitative estimate of drug-likeness (QED) is 0.420. The van der Waals surface area contributed by atoms with Crippen LogP contribution in [0.5, 0.6) is 11.8 Å². The number of anilines is 2. The Bertz CT molecular complexity index is 877. The van der Waals surface area contributed by atoms with Gasteiger partial charge in [-0.25, -0.2) is 0 Å². The van der Waals surface area contributed by atoms with Crippen LogP contribution in [0.1, 0.15) is 0 Å². The Balaban J connectivity index is 1.79. The fourth-order valence-electron chi connectivity index (χ4n) is 2.27. The van der Waals surface area contributed by atoms with Gasteiger partial charge in [0.1, 0.15) is 0 Å². The smallest absolute Gasteiger partial charge is 0.247 e. The minimum Gasteiger partial charge on any atom is -0.416 e. The first kappa shape index (κ1) is 11.6. The molecule has 21 heavy (non-hydrogen) atoms. The van der Waals surface area contributed by atoms with Crippen LogP contribution in [0, 0.1) is 0 Å². The van der Waals surface area contributed by atoms with Gasteiger partial charge >= 0.3 is 0 Å². The molecule has 2 heterocycles. The molecule has 6 N–H and O–H groups in total. The van der Waals surface area contributed by atoms with E-state index in [-0.39, 0.29) is 0 Å². The van der Waals surface area contributed by atoms with Crippen molar-refractivity contribution in [1.82, 2.24) is 20.4 Å². The summed E-state index contributed by atoms with van der Waals surface area (Å²) >= 11 is 0. The number of ether oxygens (including phenoxy) is 1. The second-order valence-corrected chi connectivity index (χ2v) is 4.77. The molecule has 0 bridgehead atoms. The molecule has 7 heteroatoms. The molecular formula is C14H12N6O. The molecule has 0 saturated carbocycles. The van der Waals surface area contributed by atoms with E-state index in [1.165, 1.54) is 0 Å². The van der Waals surface area contributed by atoms with Crippen molar-refractivity contribution >= 4 is 33.2 Å². The van der Waals surface area contributed by atoms with Crippen molar-refractivity contribution in [3.05, 3.63) is 36.4 Å². The molecule has 2 aromatic carbocycles. The lowest BCUT2D eigenvalue weighted by atomic mass is 10.2. The van der Waals surface area contributed by atoms with Gasteiger partial charge in [0.2, 0.25) is 11.8 Å². The van der Waals surface area contributed by atoms with Crippen LogP contribution in [0.4, 0.5) is 11.4 Å². The number of nitrogens with two attached hydrogens (primary N) is 2. The van der Waals surface area contributed by atoms with Crippen molar-refractivity contribution < 1.29 is 4.74 Å². The predicted octanol–water partition coefficient (Wildman–Crippen LogP) is 2.40. The van der Waals surface area contributed by atoms with E-state index < -0.39 is 0 Å². The van der Waals surface area contributed by atoms with Gasteiger partial charge < -0.3 is 16.2 Å². The van der Waals surface area contributed by atoms with Gasteiger partial charge in [-0.05, 0) is 36.4 Å². The van der Waals surface area contributed by atoms with Gasteiger partial charge in [0.25, 0.3) is 0 Å². The maximum absolute atomic E-state index is 5.80. The molecule has 4 rings (SSSR count). The zero-order valence-electron chi connectivity index (χ0n) is 10.9. The van der Waals surface area contributed by atoms with E-state index in [0.29, 0.717) is 23.1 Å². The molecule has 0 fully saturated rings. The summed E-state index contributed by atoms with van der Waals surface area (Å²) in [6.45, 7) is 0. The number of fused-ring (bicyclic) bond motifs is 2. The van der Waals surface area contributed by atoms with E-state index in [2.05, 4.69) is 20.4 Å². The number of aromatic nitrogens is 4. The molecule has 0 unspecified atom stereocenters. The van der Waals surface area contributed by atoms with E-state index in [1.54, 1.807) is 24.3 Å². The second kappa shape index (κ2) is 4.14. The molecule has 0 aliphatic carbocycles. The first-order valence-corrected chi connectivity index (χ1v) is 6.36. The third kappa shape index (κ3) is 1.83. The zero-order chi connectivity index (χ0) is 14.4. The summed E-state index contributed by atoms with van der Waals surface area (Å²) in [7, 11) is 0. The van der Waals surface area contributed by atoms with Crippen LogP contribution < -0.4 is 16.2 Å². The predicted molar refractivity (Wildman–Crippen MR) is 81.1 cm³/mol.